The van der Waals surface area contributed by atoms with Crippen molar-refractivity contribution in [3.8, 4) is 17.8 Å². The zero-order chi connectivity index (χ0) is 26.7. The summed E-state index contributed by atoms with van der Waals surface area (Å²) in [4.78, 5) is 0. The normalized spacial score (nSPS) is 15.4. The van der Waals surface area contributed by atoms with Crippen molar-refractivity contribution in [2.45, 2.75) is 38.7 Å². The fraction of sp³-hybridized carbons (Fsp3) is 0.250. The van der Waals surface area contributed by atoms with Crippen LogP contribution in [0.25, 0.3) is 5.69 Å². The van der Waals surface area contributed by atoms with Crippen molar-refractivity contribution >= 4 is 11.4 Å². The minimum Gasteiger partial charge on any atom is -0.262 e. The lowest BCUT2D eigenvalue weighted by molar-refractivity contribution is -0.141. The number of benzene rings is 2. The lowest BCUT2D eigenvalue weighted by Crippen LogP contribution is -2.24. The van der Waals surface area contributed by atoms with E-state index >= 15 is 0 Å². The fourth-order valence-corrected chi connectivity index (χ4v) is 3.42. The topological polar surface area (TPSA) is 81.0 Å². The van der Waals surface area contributed by atoms with Gasteiger partial charge in [0.2, 0.25) is 0 Å². The first-order valence-corrected chi connectivity index (χ1v) is 10.4. The molecule has 2 heterocycles. The molecule has 0 saturated carbocycles. The molecule has 0 radical (unpaired) electrons. The average Bonchev–Trinajstić information content (AvgIpc) is 3.42. The third-order valence-corrected chi connectivity index (χ3v) is 5.10. The second-order valence-corrected chi connectivity index (χ2v) is 7.85. The summed E-state index contributed by atoms with van der Waals surface area (Å²) in [6.07, 6.45) is -9.00. The first-order chi connectivity index (χ1) is 16.8. The SMILES string of the molecule is CC1CC(C(F)(F)F)=NN1c1cccc(C#N)c1.Cc1cc(C(F)(F)F)nn1-c1cccc(C#N)c1. The van der Waals surface area contributed by atoms with E-state index in [0.717, 1.165) is 6.07 Å². The van der Waals surface area contributed by atoms with E-state index in [1.54, 1.807) is 43.3 Å². The van der Waals surface area contributed by atoms with Gasteiger partial charge < -0.3 is 0 Å². The number of hydrogen-bond donors (Lipinski definition) is 0. The second-order valence-electron chi connectivity index (χ2n) is 7.85. The van der Waals surface area contributed by atoms with Crippen LogP contribution in [-0.2, 0) is 6.18 Å². The fourth-order valence-electron chi connectivity index (χ4n) is 3.42. The van der Waals surface area contributed by atoms with E-state index in [4.69, 9.17) is 10.5 Å². The summed E-state index contributed by atoms with van der Waals surface area (Å²) < 4.78 is 76.4. The van der Waals surface area contributed by atoms with E-state index in [2.05, 4.69) is 10.2 Å². The first-order valence-electron chi connectivity index (χ1n) is 10.4. The van der Waals surface area contributed by atoms with Gasteiger partial charge in [-0.3, -0.25) is 5.01 Å². The molecule has 1 aliphatic heterocycles. The van der Waals surface area contributed by atoms with E-state index in [0.29, 0.717) is 28.2 Å². The van der Waals surface area contributed by atoms with E-state index in [1.807, 2.05) is 12.1 Å². The molecule has 12 heteroatoms. The Morgan fingerprint density at radius 2 is 1.42 bits per heavy atom. The monoisotopic (exact) mass is 504 g/mol. The molecule has 3 aromatic rings. The van der Waals surface area contributed by atoms with Crippen molar-refractivity contribution < 1.29 is 26.3 Å². The molecule has 2 aromatic carbocycles. The van der Waals surface area contributed by atoms with Crippen molar-refractivity contribution in [2.24, 2.45) is 5.10 Å². The number of hydrogen-bond acceptors (Lipinski definition) is 5. The van der Waals surface area contributed by atoms with Gasteiger partial charge in [0, 0.05) is 12.1 Å². The molecule has 36 heavy (non-hydrogen) atoms. The minimum absolute atomic E-state index is 0.139. The Labute approximate surface area is 202 Å². The van der Waals surface area contributed by atoms with Crippen LogP contribution in [0.3, 0.4) is 0 Å². The highest BCUT2D eigenvalue weighted by atomic mass is 19.4. The van der Waals surface area contributed by atoms with E-state index in [1.165, 1.54) is 28.7 Å². The summed E-state index contributed by atoms with van der Waals surface area (Å²) in [6.45, 7) is 3.20. The summed E-state index contributed by atoms with van der Waals surface area (Å²) in [5, 5.41) is 25.9. The maximum atomic E-state index is 12.6. The highest BCUT2D eigenvalue weighted by Crippen LogP contribution is 2.31. The number of hydrazone groups is 1. The van der Waals surface area contributed by atoms with Gasteiger partial charge in [-0.1, -0.05) is 12.1 Å². The predicted molar refractivity (Wildman–Crippen MR) is 119 cm³/mol. The van der Waals surface area contributed by atoms with Crippen LogP contribution in [0.15, 0.2) is 59.7 Å². The zero-order valence-electron chi connectivity index (χ0n) is 18.9. The summed E-state index contributed by atoms with van der Waals surface area (Å²) in [7, 11) is 0. The van der Waals surface area contributed by atoms with Gasteiger partial charge in [-0.2, -0.15) is 47.1 Å². The highest BCUT2D eigenvalue weighted by molar-refractivity contribution is 5.93. The average molecular weight is 504 g/mol. The van der Waals surface area contributed by atoms with E-state index < -0.39 is 23.8 Å². The van der Waals surface area contributed by atoms with Crippen LogP contribution in [0.5, 0.6) is 0 Å². The Kier molecular flexibility index (Phi) is 7.39. The van der Waals surface area contributed by atoms with Crippen LogP contribution in [0, 0.1) is 29.6 Å². The molecule has 1 atom stereocenters. The Morgan fingerprint density at radius 1 is 0.861 bits per heavy atom. The number of anilines is 1. The number of aryl methyl sites for hydroxylation is 1. The molecule has 0 aliphatic carbocycles. The van der Waals surface area contributed by atoms with Crippen LogP contribution in [0.4, 0.5) is 32.0 Å². The van der Waals surface area contributed by atoms with Gasteiger partial charge in [-0.15, -0.1) is 0 Å². The Hall–Kier alpha value is -4.32. The summed E-state index contributed by atoms with van der Waals surface area (Å²) in [5.41, 5.74) is 0.339. The maximum Gasteiger partial charge on any atom is 0.435 e. The molecule has 1 aromatic heterocycles. The van der Waals surface area contributed by atoms with Crippen LogP contribution >= 0.6 is 0 Å². The summed E-state index contributed by atoms with van der Waals surface area (Å²) in [5.74, 6) is 0. The Balaban J connectivity index is 0.000000201. The zero-order valence-corrected chi connectivity index (χ0v) is 18.9. The molecule has 0 bridgehead atoms. The smallest absolute Gasteiger partial charge is 0.262 e. The van der Waals surface area contributed by atoms with Gasteiger partial charge in [0.05, 0.1) is 40.7 Å². The van der Waals surface area contributed by atoms with Crippen molar-refractivity contribution in [1.29, 1.82) is 10.5 Å². The van der Waals surface area contributed by atoms with Gasteiger partial charge >= 0.3 is 12.4 Å². The number of rotatable bonds is 2. The van der Waals surface area contributed by atoms with Gasteiger partial charge in [-0.05, 0) is 56.3 Å². The van der Waals surface area contributed by atoms with Crippen molar-refractivity contribution in [3.05, 3.63) is 77.1 Å². The van der Waals surface area contributed by atoms with Gasteiger partial charge in [0.1, 0.15) is 5.71 Å². The molecule has 186 valence electrons. The quantitative estimate of drug-likeness (QED) is 0.392. The Bertz CT molecular complexity index is 1360. The molecule has 4 rings (SSSR count). The first kappa shape index (κ1) is 26.3. The van der Waals surface area contributed by atoms with Crippen LogP contribution in [0.1, 0.15) is 35.9 Å². The molecule has 0 amide bonds. The molecule has 1 aliphatic rings. The molecule has 0 spiro atoms. The predicted octanol–water partition coefficient (Wildman–Crippen LogP) is 6.15. The molecular weight excluding hydrogens is 486 g/mol. The lowest BCUT2D eigenvalue weighted by atomic mass is 10.1. The number of nitriles is 2. The van der Waals surface area contributed by atoms with Gasteiger partial charge in [0.25, 0.3) is 0 Å². The molecule has 0 N–H and O–H groups in total. The number of nitrogens with zero attached hydrogens (tertiary/aromatic N) is 6. The van der Waals surface area contributed by atoms with Crippen LogP contribution in [-0.4, -0.2) is 27.7 Å². The third kappa shape index (κ3) is 6.02. The van der Waals surface area contributed by atoms with Gasteiger partial charge in [0.15, 0.2) is 5.69 Å². The lowest BCUT2D eigenvalue weighted by Gasteiger charge is -2.19. The standard InChI is InChI=1S/C12H10F3N3.C12H8F3N3/c2*1-8-5-11(12(13,14)15)17-18(8)10-4-2-3-9(6-10)7-16/h2-4,6,8H,5H2,1H3;2-6H,1H3. The van der Waals surface area contributed by atoms with Crippen molar-refractivity contribution in [2.75, 3.05) is 5.01 Å². The Morgan fingerprint density at radius 3 is 1.89 bits per heavy atom. The van der Waals surface area contributed by atoms with E-state index in [9.17, 15) is 26.3 Å². The number of halogens is 6. The molecule has 0 saturated heterocycles. The second kappa shape index (κ2) is 10.1. The summed E-state index contributed by atoms with van der Waals surface area (Å²) in [6, 6.07) is 17.1. The largest absolute Gasteiger partial charge is 0.435 e. The molecule has 0 fully saturated rings. The van der Waals surface area contributed by atoms with E-state index in [-0.39, 0.29) is 12.5 Å². The maximum absolute atomic E-state index is 12.6. The van der Waals surface area contributed by atoms with Crippen molar-refractivity contribution in [3.63, 3.8) is 0 Å². The highest BCUT2D eigenvalue weighted by Gasteiger charge is 2.41. The van der Waals surface area contributed by atoms with Crippen molar-refractivity contribution in [1.82, 2.24) is 9.78 Å². The number of aromatic nitrogens is 2. The minimum atomic E-state index is -4.47. The molecule has 6 nitrogen and oxygen atoms in total. The van der Waals surface area contributed by atoms with Crippen LogP contribution < -0.4 is 5.01 Å². The summed E-state index contributed by atoms with van der Waals surface area (Å²) >= 11 is 0. The third-order valence-electron chi connectivity index (χ3n) is 5.10. The van der Waals surface area contributed by atoms with Gasteiger partial charge in [-0.25, -0.2) is 4.68 Å². The number of alkyl halides is 6. The molecular formula is C24H18F6N6. The molecule has 1 unspecified atom stereocenters. The van der Waals surface area contributed by atoms with Crippen LogP contribution in [0.2, 0.25) is 0 Å².